The average molecular weight is 786 g/mol. The third-order valence-corrected chi connectivity index (χ3v) is 8.65. The van der Waals surface area contributed by atoms with Crippen LogP contribution in [0.5, 0.6) is 5.75 Å². The molecule has 0 fully saturated rings. The Kier molecular flexibility index (Phi) is 16.8. The second kappa shape index (κ2) is 20.5. The Morgan fingerprint density at radius 1 is 0.660 bits per heavy atom. The quantitative estimate of drug-likeness (QED) is 0.0479. The molecule has 2 atom stereocenters. The molecule has 0 heterocycles. The number of rotatable bonds is 15. The molecule has 4 aromatic rings. The Morgan fingerprint density at radius 2 is 1.13 bits per heavy atom. The molecule has 4 aromatic carbocycles. The minimum atomic E-state index is -1.85. The number of aliphatic hydroxyl groups is 1. The van der Waals surface area contributed by atoms with Gasteiger partial charge in [0.15, 0.2) is 34.3 Å². The van der Waals surface area contributed by atoms with Gasteiger partial charge >= 0.3 is 41.5 Å². The van der Waals surface area contributed by atoms with Gasteiger partial charge in [-0.15, -0.1) is 0 Å². The molecule has 0 aliphatic heterocycles. The first-order chi connectivity index (χ1) is 24.9. The van der Waals surface area contributed by atoms with Crippen LogP contribution in [0.25, 0.3) is 22.3 Å². The molecule has 10 nitrogen and oxygen atoms in total. The van der Waals surface area contributed by atoms with Crippen molar-refractivity contribution in [1.82, 2.24) is 0 Å². The molecule has 0 radical (unpaired) electrons. The summed E-state index contributed by atoms with van der Waals surface area (Å²) in [5.41, 5.74) is -0.576. The maximum atomic E-state index is 14.6. The first-order valence-corrected chi connectivity index (χ1v) is 17.4. The summed E-state index contributed by atoms with van der Waals surface area (Å²) in [6, 6.07) is 16.7. The monoisotopic (exact) mass is 785 g/mol. The fourth-order valence-electron chi connectivity index (χ4n) is 4.90. The van der Waals surface area contributed by atoms with E-state index in [0.717, 1.165) is 43.5 Å². The van der Waals surface area contributed by atoms with Gasteiger partial charge < -0.3 is 23.5 Å². The van der Waals surface area contributed by atoms with Gasteiger partial charge in [0.05, 0.1) is 36.9 Å². The second-order valence-electron chi connectivity index (χ2n) is 10.4. The standard InChI is InChI=1S/C36H30F4O10S2.Na/c1-46-35(42)33(23-8-14-29(37)31(39)16-23)28(22-6-12-26(13-7-22)52(45)47-2)19-49-36(43)34(24-9-15-30(38)32(40)17-24)27(18-48-20-41)21-4-10-25(11-5-21)50-51(3)44;/h4-17,41H,18-20H2,1-3H3;/q;+1/b33-28+,34-27+;. The summed E-state index contributed by atoms with van der Waals surface area (Å²) >= 11 is -3.51. The van der Waals surface area contributed by atoms with E-state index >= 15 is 0 Å². The van der Waals surface area contributed by atoms with Crippen molar-refractivity contribution in [3.05, 3.63) is 130 Å². The molecule has 2 unspecified atom stereocenters. The van der Waals surface area contributed by atoms with Crippen molar-refractivity contribution in [2.45, 2.75) is 4.90 Å². The number of halogens is 4. The Bertz CT molecular complexity index is 2060. The van der Waals surface area contributed by atoms with Gasteiger partial charge in [0.1, 0.15) is 19.1 Å². The van der Waals surface area contributed by atoms with E-state index in [-0.39, 0.29) is 84.7 Å². The number of benzene rings is 4. The number of hydrogen-bond acceptors (Lipinski definition) is 10. The molecule has 0 aromatic heterocycles. The van der Waals surface area contributed by atoms with Crippen molar-refractivity contribution in [2.75, 3.05) is 40.5 Å². The Balaban J connectivity index is 0.00000756. The molecule has 1 N–H and O–H groups in total. The third kappa shape index (κ3) is 11.3. The van der Waals surface area contributed by atoms with Gasteiger partial charge in [-0.3, -0.25) is 4.18 Å². The Hall–Kier alpha value is -4.00. The summed E-state index contributed by atoms with van der Waals surface area (Å²) in [6.07, 6.45) is 1.31. The van der Waals surface area contributed by atoms with Gasteiger partial charge in [0.25, 0.3) is 0 Å². The zero-order valence-corrected chi connectivity index (χ0v) is 32.3. The van der Waals surface area contributed by atoms with Crippen molar-refractivity contribution < 1.29 is 92.8 Å². The number of aliphatic hydroxyl groups excluding tert-OH is 1. The topological polar surface area (TPSA) is 135 Å². The van der Waals surface area contributed by atoms with Crippen LogP contribution in [0, 0.1) is 23.3 Å². The summed E-state index contributed by atoms with van der Waals surface area (Å²) in [4.78, 5) is 27.7. The maximum Gasteiger partial charge on any atom is 1.00 e. The van der Waals surface area contributed by atoms with Crippen molar-refractivity contribution >= 4 is 56.4 Å². The molecule has 0 saturated carbocycles. The molecule has 0 amide bonds. The van der Waals surface area contributed by atoms with Crippen molar-refractivity contribution in [2.24, 2.45) is 0 Å². The molecule has 0 aliphatic carbocycles. The third-order valence-electron chi connectivity index (χ3n) is 7.26. The molecular weight excluding hydrogens is 756 g/mol. The first-order valence-electron chi connectivity index (χ1n) is 14.9. The van der Waals surface area contributed by atoms with Crippen LogP contribution in [-0.4, -0.2) is 65.9 Å². The number of esters is 2. The van der Waals surface area contributed by atoms with Crippen LogP contribution in [0.3, 0.4) is 0 Å². The van der Waals surface area contributed by atoms with Crippen LogP contribution < -0.4 is 33.7 Å². The molecule has 17 heteroatoms. The number of carbonyl (C=O) groups excluding carboxylic acids is 2. The minimum absolute atomic E-state index is 0. The van der Waals surface area contributed by atoms with Crippen molar-refractivity contribution in [1.29, 1.82) is 0 Å². The van der Waals surface area contributed by atoms with Gasteiger partial charge in [-0.1, -0.05) is 36.4 Å². The van der Waals surface area contributed by atoms with Gasteiger partial charge in [0.2, 0.25) is 11.1 Å². The largest absolute Gasteiger partial charge is 1.00 e. The smallest absolute Gasteiger partial charge is 0.465 e. The van der Waals surface area contributed by atoms with Gasteiger partial charge in [-0.05, 0) is 70.8 Å². The fraction of sp³-hybridized carbons (Fsp3) is 0.167. The molecule has 4 rings (SSSR count). The van der Waals surface area contributed by atoms with Crippen LogP contribution in [0.15, 0.2) is 89.8 Å². The van der Waals surface area contributed by atoms with Gasteiger partial charge in [-0.2, -0.15) is 0 Å². The summed E-state index contributed by atoms with van der Waals surface area (Å²) in [7, 11) is 2.27. The van der Waals surface area contributed by atoms with Crippen LogP contribution in [0.2, 0.25) is 0 Å². The zero-order valence-electron chi connectivity index (χ0n) is 28.7. The number of methoxy groups -OCH3 is 1. The van der Waals surface area contributed by atoms with E-state index in [1.165, 1.54) is 61.9 Å². The van der Waals surface area contributed by atoms with E-state index in [9.17, 15) is 40.7 Å². The molecule has 274 valence electrons. The predicted molar refractivity (Wildman–Crippen MR) is 183 cm³/mol. The van der Waals surface area contributed by atoms with E-state index in [4.69, 9.17) is 22.6 Å². The Labute approximate surface area is 329 Å². The average Bonchev–Trinajstić information content (AvgIpc) is 3.13. The van der Waals surface area contributed by atoms with Crippen LogP contribution in [0.1, 0.15) is 22.3 Å². The summed E-state index contributed by atoms with van der Waals surface area (Å²) < 4.78 is 107. The zero-order chi connectivity index (χ0) is 37.9. The van der Waals surface area contributed by atoms with Crippen LogP contribution in [0.4, 0.5) is 17.6 Å². The summed E-state index contributed by atoms with van der Waals surface area (Å²) in [5.74, 6) is -6.98. The second-order valence-corrected chi connectivity index (χ2v) is 12.7. The van der Waals surface area contributed by atoms with E-state index in [2.05, 4.69) is 0 Å². The number of carbonyl (C=O) groups is 2. The molecular formula is C36H30F4NaO10S2+. The number of ether oxygens (including phenoxy) is 3. The first kappa shape index (κ1) is 43.4. The van der Waals surface area contributed by atoms with Crippen LogP contribution in [-0.2, 0) is 50.1 Å². The van der Waals surface area contributed by atoms with E-state index in [1.807, 2.05) is 0 Å². The van der Waals surface area contributed by atoms with Crippen molar-refractivity contribution in [3.8, 4) is 5.75 Å². The molecule has 0 bridgehead atoms. The molecule has 0 saturated heterocycles. The van der Waals surface area contributed by atoms with E-state index in [0.29, 0.717) is 0 Å². The van der Waals surface area contributed by atoms with Crippen LogP contribution >= 0.6 is 0 Å². The fourth-order valence-corrected chi connectivity index (χ4v) is 5.84. The predicted octanol–water partition coefficient (Wildman–Crippen LogP) is 2.79. The van der Waals surface area contributed by atoms with E-state index in [1.54, 1.807) is 0 Å². The normalized spacial score (nSPS) is 13.1. The molecule has 53 heavy (non-hydrogen) atoms. The summed E-state index contributed by atoms with van der Waals surface area (Å²) in [6.45, 7) is -2.00. The van der Waals surface area contributed by atoms with Gasteiger partial charge in [-0.25, -0.2) is 35.6 Å². The van der Waals surface area contributed by atoms with E-state index < -0.39 is 77.4 Å². The molecule has 0 aliphatic rings. The number of hydrogen-bond donors (Lipinski definition) is 1. The SMILES string of the molecule is COC(=O)/C(=C(\COC(=O)/C(=C(\COCO)c1ccc(OS(C)=O)cc1)c1ccc(F)c(F)c1)c1ccc(S(=O)OC)cc1)c1ccc(F)c(F)c1.[Na+]. The van der Waals surface area contributed by atoms with Gasteiger partial charge in [0, 0.05) is 17.4 Å². The van der Waals surface area contributed by atoms with Crippen molar-refractivity contribution in [3.63, 3.8) is 0 Å². The minimum Gasteiger partial charge on any atom is -0.465 e. The Morgan fingerprint density at radius 3 is 1.58 bits per heavy atom. The summed E-state index contributed by atoms with van der Waals surface area (Å²) in [5, 5.41) is 9.48. The maximum absolute atomic E-state index is 14.6. The molecule has 0 spiro atoms.